The molecule has 66 valence electrons. The van der Waals surface area contributed by atoms with Crippen molar-refractivity contribution in [2.24, 2.45) is 4.99 Å². The van der Waals surface area contributed by atoms with Crippen molar-refractivity contribution in [2.45, 2.75) is 6.92 Å². The van der Waals surface area contributed by atoms with Crippen LogP contribution in [-0.2, 0) is 4.74 Å². The number of nitrogens with zero attached hydrogens (tertiary/aromatic N) is 1. The number of ether oxygens (including phenoxy) is 1. The molecular formula is C11H11NO. The number of hydrogen-bond donors (Lipinski definition) is 0. The first-order valence-electron chi connectivity index (χ1n) is 4.23. The molecule has 1 aliphatic rings. The van der Waals surface area contributed by atoms with Crippen molar-refractivity contribution in [3.05, 3.63) is 47.7 Å². The Kier molecular flexibility index (Phi) is 1.89. The van der Waals surface area contributed by atoms with Gasteiger partial charge >= 0.3 is 0 Å². The molecule has 0 saturated heterocycles. The maximum atomic E-state index is 5.34. The van der Waals surface area contributed by atoms with E-state index < -0.39 is 0 Å². The molecular weight excluding hydrogens is 162 g/mol. The largest absolute Gasteiger partial charge is 0.442 e. The minimum Gasteiger partial charge on any atom is -0.442 e. The van der Waals surface area contributed by atoms with Gasteiger partial charge in [-0.1, -0.05) is 24.3 Å². The van der Waals surface area contributed by atoms with E-state index in [-0.39, 0.29) is 0 Å². The number of rotatable bonds is 1. The standard InChI is InChI=1S/C11H11NO/c1-8-3-5-10(6-4-8)11-12-7-9(2)13-11/h3-6H,2,7H2,1H3. The van der Waals surface area contributed by atoms with Gasteiger partial charge < -0.3 is 4.74 Å². The summed E-state index contributed by atoms with van der Waals surface area (Å²) in [4.78, 5) is 4.21. The zero-order valence-corrected chi connectivity index (χ0v) is 7.58. The third-order valence-electron chi connectivity index (χ3n) is 1.94. The van der Waals surface area contributed by atoms with E-state index in [0.717, 1.165) is 11.3 Å². The lowest BCUT2D eigenvalue weighted by molar-refractivity contribution is 0.442. The Bertz CT molecular complexity index is 362. The van der Waals surface area contributed by atoms with E-state index in [4.69, 9.17) is 4.74 Å². The van der Waals surface area contributed by atoms with Crippen LogP contribution in [0.3, 0.4) is 0 Å². The van der Waals surface area contributed by atoms with Gasteiger partial charge in [-0.2, -0.15) is 0 Å². The molecule has 1 aromatic rings. The number of aryl methyl sites for hydroxylation is 1. The molecule has 0 bridgehead atoms. The molecule has 0 amide bonds. The van der Waals surface area contributed by atoms with E-state index >= 15 is 0 Å². The van der Waals surface area contributed by atoms with Gasteiger partial charge in [-0.15, -0.1) is 0 Å². The molecule has 0 aliphatic carbocycles. The van der Waals surface area contributed by atoms with Gasteiger partial charge in [0.1, 0.15) is 12.3 Å². The maximum absolute atomic E-state index is 5.34. The number of benzene rings is 1. The molecule has 2 nitrogen and oxygen atoms in total. The van der Waals surface area contributed by atoms with Crippen LogP contribution in [0.25, 0.3) is 0 Å². The van der Waals surface area contributed by atoms with Crippen molar-refractivity contribution in [1.29, 1.82) is 0 Å². The molecule has 2 heteroatoms. The second-order valence-corrected chi connectivity index (χ2v) is 3.13. The molecule has 13 heavy (non-hydrogen) atoms. The molecule has 2 rings (SSSR count). The van der Waals surface area contributed by atoms with E-state index in [9.17, 15) is 0 Å². The van der Waals surface area contributed by atoms with E-state index in [1.807, 2.05) is 24.3 Å². The summed E-state index contributed by atoms with van der Waals surface area (Å²) in [7, 11) is 0. The summed E-state index contributed by atoms with van der Waals surface area (Å²) in [6, 6.07) is 8.10. The fourth-order valence-corrected chi connectivity index (χ4v) is 1.21. The van der Waals surface area contributed by atoms with Crippen LogP contribution >= 0.6 is 0 Å². The van der Waals surface area contributed by atoms with Crippen molar-refractivity contribution in [3.8, 4) is 0 Å². The van der Waals surface area contributed by atoms with Gasteiger partial charge in [0.15, 0.2) is 0 Å². The molecule has 0 unspecified atom stereocenters. The Morgan fingerprint density at radius 2 is 2.00 bits per heavy atom. The molecule has 1 aliphatic heterocycles. The Balaban J connectivity index is 2.27. The first kappa shape index (κ1) is 8.05. The second kappa shape index (κ2) is 3.05. The summed E-state index contributed by atoms with van der Waals surface area (Å²) in [5.41, 5.74) is 2.26. The fraction of sp³-hybridized carbons (Fsp3) is 0.182. The van der Waals surface area contributed by atoms with Crippen molar-refractivity contribution in [3.63, 3.8) is 0 Å². The average Bonchev–Trinajstić information content (AvgIpc) is 2.53. The summed E-state index contributed by atoms with van der Waals surface area (Å²) >= 11 is 0. The Labute approximate surface area is 77.6 Å². The van der Waals surface area contributed by atoms with Crippen LogP contribution in [0, 0.1) is 6.92 Å². The third-order valence-corrected chi connectivity index (χ3v) is 1.94. The molecule has 1 aromatic carbocycles. The lowest BCUT2D eigenvalue weighted by atomic mass is 10.1. The lowest BCUT2D eigenvalue weighted by Gasteiger charge is -2.01. The summed E-state index contributed by atoms with van der Waals surface area (Å²) in [5, 5.41) is 0. The van der Waals surface area contributed by atoms with Crippen molar-refractivity contribution >= 4 is 5.90 Å². The fourth-order valence-electron chi connectivity index (χ4n) is 1.21. The zero-order chi connectivity index (χ0) is 9.26. The van der Waals surface area contributed by atoms with Crippen LogP contribution in [-0.4, -0.2) is 12.4 Å². The highest BCUT2D eigenvalue weighted by atomic mass is 16.5. The van der Waals surface area contributed by atoms with Crippen molar-refractivity contribution < 1.29 is 4.74 Å². The highest BCUT2D eigenvalue weighted by molar-refractivity contribution is 5.96. The van der Waals surface area contributed by atoms with E-state index in [0.29, 0.717) is 12.4 Å². The van der Waals surface area contributed by atoms with Crippen LogP contribution < -0.4 is 0 Å². The predicted molar refractivity (Wildman–Crippen MR) is 52.8 cm³/mol. The second-order valence-electron chi connectivity index (χ2n) is 3.13. The molecule has 0 saturated carbocycles. The Morgan fingerprint density at radius 3 is 2.54 bits per heavy atom. The van der Waals surface area contributed by atoms with Gasteiger partial charge in [-0.05, 0) is 19.1 Å². The van der Waals surface area contributed by atoms with E-state index in [1.165, 1.54) is 5.56 Å². The molecule has 1 heterocycles. The van der Waals surface area contributed by atoms with E-state index in [1.54, 1.807) is 0 Å². The van der Waals surface area contributed by atoms with Crippen LogP contribution in [0.4, 0.5) is 0 Å². The topological polar surface area (TPSA) is 21.6 Å². The van der Waals surface area contributed by atoms with Crippen LogP contribution in [0.15, 0.2) is 41.6 Å². The Morgan fingerprint density at radius 1 is 1.31 bits per heavy atom. The maximum Gasteiger partial charge on any atom is 0.221 e. The van der Waals surface area contributed by atoms with Gasteiger partial charge in [0.25, 0.3) is 0 Å². The SMILES string of the molecule is C=C1CN=C(c2ccc(C)cc2)O1. The van der Waals surface area contributed by atoms with Crippen molar-refractivity contribution in [2.75, 3.05) is 6.54 Å². The van der Waals surface area contributed by atoms with Crippen LogP contribution in [0.1, 0.15) is 11.1 Å². The highest BCUT2D eigenvalue weighted by Gasteiger charge is 2.12. The van der Waals surface area contributed by atoms with Gasteiger partial charge in [-0.3, -0.25) is 0 Å². The smallest absolute Gasteiger partial charge is 0.221 e. The predicted octanol–water partition coefficient (Wildman–Crippen LogP) is 2.29. The van der Waals surface area contributed by atoms with E-state index in [2.05, 4.69) is 18.5 Å². The summed E-state index contributed by atoms with van der Waals surface area (Å²) in [6.45, 7) is 6.35. The van der Waals surface area contributed by atoms with Gasteiger partial charge in [-0.25, -0.2) is 4.99 Å². The quantitative estimate of drug-likeness (QED) is 0.638. The van der Waals surface area contributed by atoms with Gasteiger partial charge in [0, 0.05) is 5.56 Å². The zero-order valence-electron chi connectivity index (χ0n) is 7.58. The average molecular weight is 173 g/mol. The molecule has 0 fully saturated rings. The van der Waals surface area contributed by atoms with Crippen molar-refractivity contribution in [1.82, 2.24) is 0 Å². The summed E-state index contributed by atoms with van der Waals surface area (Å²) in [6.07, 6.45) is 0. The first-order chi connectivity index (χ1) is 6.25. The Hall–Kier alpha value is -1.57. The minimum absolute atomic E-state index is 0.587. The van der Waals surface area contributed by atoms with Crippen LogP contribution in [0.5, 0.6) is 0 Å². The minimum atomic E-state index is 0.587. The van der Waals surface area contributed by atoms with Gasteiger partial charge in [0.2, 0.25) is 5.90 Å². The monoisotopic (exact) mass is 173 g/mol. The summed E-state index contributed by atoms with van der Waals surface area (Å²) in [5.74, 6) is 1.40. The molecule has 0 spiro atoms. The molecule has 0 atom stereocenters. The van der Waals surface area contributed by atoms with Crippen LogP contribution in [0.2, 0.25) is 0 Å². The highest BCUT2D eigenvalue weighted by Crippen LogP contribution is 2.13. The molecule has 0 aromatic heterocycles. The third kappa shape index (κ3) is 1.61. The normalized spacial score (nSPS) is 15.5. The molecule has 0 radical (unpaired) electrons. The number of hydrogen-bond acceptors (Lipinski definition) is 2. The van der Waals surface area contributed by atoms with Gasteiger partial charge in [0.05, 0.1) is 0 Å². The number of aliphatic imine (C=N–C) groups is 1. The first-order valence-corrected chi connectivity index (χ1v) is 4.23. The lowest BCUT2D eigenvalue weighted by Crippen LogP contribution is -1.99. The summed E-state index contributed by atoms with van der Waals surface area (Å²) < 4.78 is 5.34. The molecule has 0 N–H and O–H groups in total.